The Bertz CT molecular complexity index is 551. The number of hydrogen-bond acceptors (Lipinski definition) is 5. The van der Waals surface area contributed by atoms with Gasteiger partial charge in [-0.05, 0) is 31.9 Å². The maximum atomic E-state index is 11.6. The van der Waals surface area contributed by atoms with Crippen molar-refractivity contribution in [3.8, 4) is 0 Å². The molecule has 0 radical (unpaired) electrons. The molecule has 1 heterocycles. The standard InChI is InChI=1S/C15H20N2O4/c1-10-11(13(18)21-2)6-7-12(16-10)17-15(14(19)20)8-4-3-5-9-15/h6-7H,3-5,8-9H2,1-2H3,(H,16,17)(H,19,20). The predicted octanol–water partition coefficient (Wildman–Crippen LogP) is 2.38. The molecule has 0 bridgehead atoms. The Morgan fingerprint density at radius 2 is 1.95 bits per heavy atom. The topological polar surface area (TPSA) is 88.5 Å². The van der Waals surface area contributed by atoms with Gasteiger partial charge in [-0.2, -0.15) is 0 Å². The Morgan fingerprint density at radius 1 is 1.29 bits per heavy atom. The molecule has 0 aromatic carbocycles. The van der Waals surface area contributed by atoms with E-state index in [4.69, 9.17) is 0 Å². The summed E-state index contributed by atoms with van der Waals surface area (Å²) in [5, 5.41) is 12.6. The van der Waals surface area contributed by atoms with Gasteiger partial charge < -0.3 is 15.2 Å². The summed E-state index contributed by atoms with van der Waals surface area (Å²) in [4.78, 5) is 27.4. The van der Waals surface area contributed by atoms with E-state index in [0.717, 1.165) is 19.3 Å². The van der Waals surface area contributed by atoms with Crippen molar-refractivity contribution in [1.29, 1.82) is 0 Å². The minimum atomic E-state index is -0.954. The first-order valence-electron chi connectivity index (χ1n) is 7.06. The van der Waals surface area contributed by atoms with Gasteiger partial charge in [-0.25, -0.2) is 14.6 Å². The molecule has 1 aromatic heterocycles. The highest BCUT2D eigenvalue weighted by Crippen LogP contribution is 2.31. The van der Waals surface area contributed by atoms with E-state index in [1.165, 1.54) is 7.11 Å². The first-order valence-corrected chi connectivity index (χ1v) is 7.06. The van der Waals surface area contributed by atoms with Crippen LogP contribution in [0.2, 0.25) is 0 Å². The molecule has 2 rings (SSSR count). The SMILES string of the molecule is COC(=O)c1ccc(NC2(C(=O)O)CCCCC2)nc1C. The third-order valence-electron chi connectivity index (χ3n) is 3.97. The summed E-state index contributed by atoms with van der Waals surface area (Å²) in [6.45, 7) is 1.70. The summed E-state index contributed by atoms with van der Waals surface area (Å²) in [7, 11) is 1.31. The largest absolute Gasteiger partial charge is 0.480 e. The molecule has 2 N–H and O–H groups in total. The van der Waals surface area contributed by atoms with E-state index in [1.807, 2.05) is 0 Å². The molecule has 1 aromatic rings. The van der Waals surface area contributed by atoms with Gasteiger partial charge in [0.1, 0.15) is 11.4 Å². The zero-order chi connectivity index (χ0) is 15.5. The zero-order valence-electron chi connectivity index (χ0n) is 12.3. The molecule has 21 heavy (non-hydrogen) atoms. The number of carbonyl (C=O) groups is 2. The Labute approximate surface area is 123 Å². The minimum absolute atomic E-state index is 0.385. The quantitative estimate of drug-likeness (QED) is 0.828. The van der Waals surface area contributed by atoms with Crippen LogP contribution in [0.5, 0.6) is 0 Å². The van der Waals surface area contributed by atoms with Crippen LogP contribution in [-0.2, 0) is 9.53 Å². The molecular formula is C15H20N2O4. The lowest BCUT2D eigenvalue weighted by atomic mass is 9.81. The highest BCUT2D eigenvalue weighted by Gasteiger charge is 2.39. The van der Waals surface area contributed by atoms with E-state index in [0.29, 0.717) is 29.9 Å². The number of esters is 1. The second-order valence-electron chi connectivity index (χ2n) is 5.39. The van der Waals surface area contributed by atoms with Crippen LogP contribution < -0.4 is 5.32 Å². The molecule has 1 aliphatic rings. The molecule has 1 fully saturated rings. The van der Waals surface area contributed by atoms with Crippen LogP contribution in [0.3, 0.4) is 0 Å². The molecular weight excluding hydrogens is 272 g/mol. The molecule has 0 spiro atoms. The van der Waals surface area contributed by atoms with Gasteiger partial charge in [-0.3, -0.25) is 0 Å². The number of carboxylic acid groups (broad SMARTS) is 1. The number of nitrogens with one attached hydrogen (secondary N) is 1. The average Bonchev–Trinajstić information content (AvgIpc) is 2.47. The first kappa shape index (κ1) is 15.3. The molecule has 1 aliphatic carbocycles. The van der Waals surface area contributed by atoms with Crippen molar-refractivity contribution >= 4 is 17.8 Å². The average molecular weight is 292 g/mol. The third-order valence-corrected chi connectivity index (χ3v) is 3.97. The second kappa shape index (κ2) is 6.11. The molecule has 6 heteroatoms. The van der Waals surface area contributed by atoms with Crippen molar-refractivity contribution in [2.45, 2.75) is 44.6 Å². The van der Waals surface area contributed by atoms with E-state index in [1.54, 1.807) is 19.1 Å². The van der Waals surface area contributed by atoms with E-state index in [-0.39, 0.29) is 0 Å². The van der Waals surface area contributed by atoms with E-state index in [9.17, 15) is 14.7 Å². The van der Waals surface area contributed by atoms with Crippen molar-refractivity contribution in [1.82, 2.24) is 4.98 Å². The van der Waals surface area contributed by atoms with Gasteiger partial charge in [0.25, 0.3) is 0 Å². The monoisotopic (exact) mass is 292 g/mol. The fraction of sp³-hybridized carbons (Fsp3) is 0.533. The number of pyridine rings is 1. The molecule has 0 atom stereocenters. The van der Waals surface area contributed by atoms with Crippen LogP contribution in [0.1, 0.15) is 48.2 Å². The van der Waals surface area contributed by atoms with Crippen LogP contribution in [0, 0.1) is 6.92 Å². The molecule has 0 amide bonds. The lowest BCUT2D eigenvalue weighted by Gasteiger charge is -2.34. The number of aryl methyl sites for hydroxylation is 1. The number of rotatable bonds is 4. The lowest BCUT2D eigenvalue weighted by Crippen LogP contribution is -2.48. The summed E-state index contributed by atoms with van der Waals surface area (Å²) in [5.74, 6) is -0.819. The van der Waals surface area contributed by atoms with Crippen molar-refractivity contribution in [2.24, 2.45) is 0 Å². The van der Waals surface area contributed by atoms with Gasteiger partial charge >= 0.3 is 11.9 Å². The number of methoxy groups -OCH3 is 1. The lowest BCUT2D eigenvalue weighted by molar-refractivity contribution is -0.143. The molecule has 0 saturated heterocycles. The number of hydrogen-bond donors (Lipinski definition) is 2. The predicted molar refractivity (Wildman–Crippen MR) is 77.4 cm³/mol. The summed E-state index contributed by atoms with van der Waals surface area (Å²) >= 11 is 0. The van der Waals surface area contributed by atoms with Gasteiger partial charge in [0, 0.05) is 0 Å². The summed E-state index contributed by atoms with van der Waals surface area (Å²) < 4.78 is 4.67. The number of carbonyl (C=O) groups excluding carboxylic acids is 1. The number of aromatic nitrogens is 1. The second-order valence-corrected chi connectivity index (χ2v) is 5.39. The summed E-state index contributed by atoms with van der Waals surface area (Å²) in [5.41, 5.74) is -0.0518. The first-order chi connectivity index (χ1) is 9.98. The Kier molecular flexibility index (Phi) is 4.45. The summed E-state index contributed by atoms with van der Waals surface area (Å²) in [6.07, 6.45) is 4.01. The van der Waals surface area contributed by atoms with Gasteiger partial charge in [0.15, 0.2) is 0 Å². The fourth-order valence-corrected chi connectivity index (χ4v) is 2.75. The van der Waals surface area contributed by atoms with Crippen molar-refractivity contribution in [3.63, 3.8) is 0 Å². The van der Waals surface area contributed by atoms with Gasteiger partial charge in [0.05, 0.1) is 18.4 Å². The Morgan fingerprint density at radius 3 is 2.48 bits per heavy atom. The number of aliphatic carboxylic acids is 1. The highest BCUT2D eigenvalue weighted by molar-refractivity contribution is 5.90. The van der Waals surface area contributed by atoms with Crippen LogP contribution in [0.25, 0.3) is 0 Å². The normalized spacial score (nSPS) is 17.0. The van der Waals surface area contributed by atoms with Crippen molar-refractivity contribution < 1.29 is 19.4 Å². The van der Waals surface area contributed by atoms with E-state index < -0.39 is 17.5 Å². The smallest absolute Gasteiger partial charge is 0.339 e. The van der Waals surface area contributed by atoms with E-state index in [2.05, 4.69) is 15.0 Å². The number of ether oxygens (including phenoxy) is 1. The van der Waals surface area contributed by atoms with Crippen LogP contribution >= 0.6 is 0 Å². The van der Waals surface area contributed by atoms with E-state index >= 15 is 0 Å². The van der Waals surface area contributed by atoms with Crippen LogP contribution in [-0.4, -0.2) is 34.7 Å². The highest BCUT2D eigenvalue weighted by atomic mass is 16.5. The maximum absolute atomic E-state index is 11.6. The van der Waals surface area contributed by atoms with Gasteiger partial charge in [0.2, 0.25) is 0 Å². The van der Waals surface area contributed by atoms with Gasteiger partial charge in [-0.1, -0.05) is 19.3 Å². The number of carboxylic acids is 1. The van der Waals surface area contributed by atoms with Gasteiger partial charge in [-0.15, -0.1) is 0 Å². The molecule has 6 nitrogen and oxygen atoms in total. The van der Waals surface area contributed by atoms with Crippen LogP contribution in [0.4, 0.5) is 5.82 Å². The van der Waals surface area contributed by atoms with Crippen molar-refractivity contribution in [2.75, 3.05) is 12.4 Å². The fourth-order valence-electron chi connectivity index (χ4n) is 2.75. The third kappa shape index (κ3) is 3.15. The number of nitrogens with zero attached hydrogens (tertiary/aromatic N) is 1. The molecule has 0 unspecified atom stereocenters. The van der Waals surface area contributed by atoms with Crippen LogP contribution in [0.15, 0.2) is 12.1 Å². The Hall–Kier alpha value is -2.11. The van der Waals surface area contributed by atoms with Crippen molar-refractivity contribution in [3.05, 3.63) is 23.4 Å². The summed E-state index contributed by atoms with van der Waals surface area (Å²) in [6, 6.07) is 3.23. The molecule has 0 aliphatic heterocycles. The molecule has 1 saturated carbocycles. The molecule has 114 valence electrons. The Balaban J connectivity index is 2.24. The number of anilines is 1. The minimum Gasteiger partial charge on any atom is -0.480 e. The maximum Gasteiger partial charge on any atom is 0.339 e. The zero-order valence-corrected chi connectivity index (χ0v) is 12.3.